The number of nitrogens with one attached hydrogen (secondary N) is 1. The topological polar surface area (TPSA) is 75.7 Å². The van der Waals surface area contributed by atoms with Crippen LogP contribution in [0.4, 0.5) is 0 Å². The van der Waals surface area contributed by atoms with E-state index < -0.39 is 10.0 Å². The number of benzene rings is 1. The highest BCUT2D eigenvalue weighted by atomic mass is 32.2. The summed E-state index contributed by atoms with van der Waals surface area (Å²) >= 11 is 0. The maximum atomic E-state index is 12.7. The Balaban J connectivity index is 2.10. The van der Waals surface area contributed by atoms with E-state index in [1.807, 2.05) is 6.92 Å². The van der Waals surface area contributed by atoms with Crippen LogP contribution in [0.5, 0.6) is 5.75 Å². The van der Waals surface area contributed by atoms with Crippen LogP contribution in [0.15, 0.2) is 29.2 Å². The molecule has 7 heteroatoms. The van der Waals surface area contributed by atoms with Crippen LogP contribution < -0.4 is 10.1 Å². The number of carbonyl (C=O) groups is 1. The van der Waals surface area contributed by atoms with Crippen LogP contribution in [0.25, 0.3) is 0 Å². The Morgan fingerprint density at radius 2 is 2.04 bits per heavy atom. The fraction of sp³-hybridized carbons (Fsp3) is 0.562. The first kappa shape index (κ1) is 17.7. The molecule has 1 amide bonds. The van der Waals surface area contributed by atoms with E-state index in [4.69, 9.17) is 4.74 Å². The van der Waals surface area contributed by atoms with E-state index in [2.05, 4.69) is 5.32 Å². The van der Waals surface area contributed by atoms with Crippen LogP contribution in [0.3, 0.4) is 0 Å². The SMILES string of the molecule is CCCNC(=O)[C@@H]1CCCN(S(=O)(=O)c2ccc(OC)cc2)C1. The highest BCUT2D eigenvalue weighted by Crippen LogP contribution is 2.25. The summed E-state index contributed by atoms with van der Waals surface area (Å²) in [5.74, 6) is 0.282. The number of piperidine rings is 1. The summed E-state index contributed by atoms with van der Waals surface area (Å²) in [5, 5.41) is 2.85. The molecule has 1 atom stereocenters. The van der Waals surface area contributed by atoms with Gasteiger partial charge in [-0.3, -0.25) is 4.79 Å². The van der Waals surface area contributed by atoms with Crippen molar-refractivity contribution < 1.29 is 17.9 Å². The lowest BCUT2D eigenvalue weighted by Crippen LogP contribution is -2.45. The molecule has 6 nitrogen and oxygen atoms in total. The predicted octanol–water partition coefficient (Wildman–Crippen LogP) is 1.62. The number of hydrogen-bond acceptors (Lipinski definition) is 4. The Kier molecular flexibility index (Phi) is 6.01. The number of hydrogen-bond donors (Lipinski definition) is 1. The molecule has 2 rings (SSSR count). The normalized spacial score (nSPS) is 19.3. The molecule has 0 bridgehead atoms. The van der Waals surface area contributed by atoms with Crippen molar-refractivity contribution in [2.45, 2.75) is 31.1 Å². The minimum Gasteiger partial charge on any atom is -0.497 e. The highest BCUT2D eigenvalue weighted by molar-refractivity contribution is 7.89. The Morgan fingerprint density at radius 1 is 1.35 bits per heavy atom. The van der Waals surface area contributed by atoms with Gasteiger partial charge in [0.05, 0.1) is 17.9 Å². The van der Waals surface area contributed by atoms with E-state index in [0.717, 1.165) is 12.8 Å². The largest absolute Gasteiger partial charge is 0.497 e. The fourth-order valence-corrected chi connectivity index (χ4v) is 4.19. The second-order valence-corrected chi connectivity index (χ2v) is 7.61. The first-order valence-corrected chi connectivity index (χ1v) is 9.35. The molecule has 1 heterocycles. The van der Waals surface area contributed by atoms with Crippen molar-refractivity contribution in [1.29, 1.82) is 0 Å². The van der Waals surface area contributed by atoms with Crippen molar-refractivity contribution in [2.75, 3.05) is 26.7 Å². The Morgan fingerprint density at radius 3 is 2.65 bits per heavy atom. The highest BCUT2D eigenvalue weighted by Gasteiger charge is 2.33. The molecule has 1 N–H and O–H groups in total. The lowest BCUT2D eigenvalue weighted by molar-refractivity contribution is -0.126. The van der Waals surface area contributed by atoms with Crippen molar-refractivity contribution in [3.05, 3.63) is 24.3 Å². The van der Waals surface area contributed by atoms with Crippen molar-refractivity contribution in [2.24, 2.45) is 5.92 Å². The number of carbonyl (C=O) groups excluding carboxylic acids is 1. The van der Waals surface area contributed by atoms with Gasteiger partial charge >= 0.3 is 0 Å². The number of nitrogens with zero attached hydrogens (tertiary/aromatic N) is 1. The van der Waals surface area contributed by atoms with E-state index in [1.54, 1.807) is 12.1 Å². The quantitative estimate of drug-likeness (QED) is 0.854. The smallest absolute Gasteiger partial charge is 0.243 e. The first-order chi connectivity index (χ1) is 11.0. The molecule has 23 heavy (non-hydrogen) atoms. The molecule has 1 aromatic rings. The summed E-state index contributed by atoms with van der Waals surface area (Å²) in [5.41, 5.74) is 0. The average molecular weight is 340 g/mol. The van der Waals surface area contributed by atoms with Crippen LogP contribution in [0, 0.1) is 5.92 Å². The summed E-state index contributed by atoms with van der Waals surface area (Å²) < 4.78 is 31.9. The van der Waals surface area contributed by atoms with Crippen LogP contribution in [-0.2, 0) is 14.8 Å². The second kappa shape index (κ2) is 7.79. The maximum absolute atomic E-state index is 12.7. The standard InChI is InChI=1S/C16H24N2O4S/c1-3-10-17-16(19)13-5-4-11-18(12-13)23(20,21)15-8-6-14(22-2)7-9-15/h6-9,13H,3-5,10-12H2,1-2H3,(H,17,19)/t13-/m1/s1. The molecule has 1 saturated heterocycles. The average Bonchev–Trinajstić information content (AvgIpc) is 2.59. The van der Waals surface area contributed by atoms with Crippen molar-refractivity contribution in [3.8, 4) is 5.75 Å². The molecule has 128 valence electrons. The van der Waals surface area contributed by atoms with Gasteiger partial charge in [0.2, 0.25) is 15.9 Å². The third-order valence-corrected chi connectivity index (χ3v) is 5.88. The van der Waals surface area contributed by atoms with E-state index in [0.29, 0.717) is 25.3 Å². The molecule has 1 aliphatic heterocycles. The molecule has 1 aromatic carbocycles. The molecule has 1 fully saturated rings. The Bertz CT molecular complexity index is 628. The zero-order chi connectivity index (χ0) is 16.9. The molecule has 0 aliphatic carbocycles. The number of rotatable bonds is 6. The van der Waals surface area contributed by atoms with Gasteiger partial charge in [-0.2, -0.15) is 4.31 Å². The summed E-state index contributed by atoms with van der Waals surface area (Å²) in [6.45, 7) is 3.30. The molecule has 1 aliphatic rings. The third-order valence-electron chi connectivity index (χ3n) is 4.00. The minimum absolute atomic E-state index is 0.0542. The van der Waals surface area contributed by atoms with Gasteiger partial charge in [0.25, 0.3) is 0 Å². The summed E-state index contributed by atoms with van der Waals surface area (Å²) in [4.78, 5) is 12.3. The zero-order valence-corrected chi connectivity index (χ0v) is 14.4. The molecule has 0 aromatic heterocycles. The van der Waals surface area contributed by atoms with Crippen LogP contribution in [0.1, 0.15) is 26.2 Å². The summed E-state index contributed by atoms with van der Waals surface area (Å²) in [6, 6.07) is 6.33. The van der Waals surface area contributed by atoms with Gasteiger partial charge in [-0.15, -0.1) is 0 Å². The fourth-order valence-electron chi connectivity index (χ4n) is 2.66. The lowest BCUT2D eigenvalue weighted by atomic mass is 9.99. The van der Waals surface area contributed by atoms with Gasteiger partial charge in [-0.05, 0) is 43.5 Å². The predicted molar refractivity (Wildman–Crippen MR) is 87.8 cm³/mol. The molecular weight excluding hydrogens is 316 g/mol. The van der Waals surface area contributed by atoms with Crippen LogP contribution >= 0.6 is 0 Å². The summed E-state index contributed by atoms with van der Waals surface area (Å²) in [7, 11) is -2.04. The number of methoxy groups -OCH3 is 1. The van der Waals surface area contributed by atoms with Gasteiger partial charge in [0.1, 0.15) is 5.75 Å². The lowest BCUT2D eigenvalue weighted by Gasteiger charge is -2.31. The van der Waals surface area contributed by atoms with E-state index in [1.165, 1.54) is 23.5 Å². The minimum atomic E-state index is -3.58. The molecule has 0 spiro atoms. The van der Waals surface area contributed by atoms with Crippen molar-refractivity contribution in [3.63, 3.8) is 0 Å². The third kappa shape index (κ3) is 4.23. The van der Waals surface area contributed by atoms with Gasteiger partial charge in [0.15, 0.2) is 0 Å². The second-order valence-electron chi connectivity index (χ2n) is 5.67. The van der Waals surface area contributed by atoms with Gasteiger partial charge < -0.3 is 10.1 Å². The molecular formula is C16H24N2O4S. The Labute approximate surface area is 137 Å². The van der Waals surface area contributed by atoms with Crippen molar-refractivity contribution >= 4 is 15.9 Å². The van der Waals surface area contributed by atoms with E-state index >= 15 is 0 Å². The van der Waals surface area contributed by atoms with E-state index in [9.17, 15) is 13.2 Å². The number of sulfonamides is 1. The van der Waals surface area contributed by atoms with Crippen molar-refractivity contribution in [1.82, 2.24) is 9.62 Å². The van der Waals surface area contributed by atoms with E-state index in [-0.39, 0.29) is 23.3 Å². The van der Waals surface area contributed by atoms with Crippen LogP contribution in [0.2, 0.25) is 0 Å². The summed E-state index contributed by atoms with van der Waals surface area (Å²) in [6.07, 6.45) is 2.29. The Hall–Kier alpha value is -1.60. The maximum Gasteiger partial charge on any atom is 0.243 e. The molecule has 0 unspecified atom stereocenters. The monoisotopic (exact) mass is 340 g/mol. The molecule has 0 saturated carbocycles. The van der Waals surface area contributed by atoms with Gasteiger partial charge in [0, 0.05) is 19.6 Å². The van der Waals surface area contributed by atoms with Crippen LogP contribution in [-0.4, -0.2) is 45.4 Å². The number of ether oxygens (including phenoxy) is 1. The zero-order valence-electron chi connectivity index (χ0n) is 13.6. The molecule has 0 radical (unpaired) electrons. The number of amides is 1. The first-order valence-electron chi connectivity index (χ1n) is 7.91. The van der Waals surface area contributed by atoms with Gasteiger partial charge in [-0.1, -0.05) is 6.92 Å². The van der Waals surface area contributed by atoms with Gasteiger partial charge in [-0.25, -0.2) is 8.42 Å².